The van der Waals surface area contributed by atoms with E-state index in [1.807, 2.05) is 0 Å². The lowest BCUT2D eigenvalue weighted by Crippen LogP contribution is -2.57. The molecule has 0 unspecified atom stereocenters. The van der Waals surface area contributed by atoms with Gasteiger partial charge in [0.2, 0.25) is 11.8 Å². The van der Waals surface area contributed by atoms with E-state index >= 15 is 0 Å². The minimum absolute atomic E-state index is 0.169. The zero-order valence-electron chi connectivity index (χ0n) is 30.5. The van der Waals surface area contributed by atoms with Gasteiger partial charge in [-0.15, -0.1) is 0 Å². The van der Waals surface area contributed by atoms with E-state index < -0.39 is 0 Å². The molecule has 0 aromatic heterocycles. The Kier molecular flexibility index (Phi) is 9.12. The van der Waals surface area contributed by atoms with Crippen LogP contribution in [-0.2, 0) is 9.59 Å². The molecule has 2 N–H and O–H groups in total. The summed E-state index contributed by atoms with van der Waals surface area (Å²) in [7, 11) is 0. The third kappa shape index (κ3) is 5.50. The fraction of sp³-hybridized carbons (Fsp3) is 0.762. The van der Waals surface area contributed by atoms with Gasteiger partial charge in [0.05, 0.1) is 10.8 Å². The summed E-state index contributed by atoms with van der Waals surface area (Å²) in [5.41, 5.74) is 5.86. The maximum atomic E-state index is 14.0. The van der Waals surface area contributed by atoms with Crippen molar-refractivity contribution in [3.63, 3.8) is 0 Å². The van der Waals surface area contributed by atoms with Gasteiger partial charge in [0.25, 0.3) is 0 Å². The number of fused-ring (bicyclic) bond motifs is 6. The second kappa shape index (κ2) is 12.4. The average molecular weight is 629 g/mol. The molecule has 8 atom stereocenters. The molecule has 0 aromatic rings. The lowest BCUT2D eigenvalue weighted by Gasteiger charge is -2.58. The predicted molar refractivity (Wildman–Crippen MR) is 190 cm³/mol. The van der Waals surface area contributed by atoms with Gasteiger partial charge in [-0.05, 0) is 122 Å². The zero-order chi connectivity index (χ0) is 33.1. The summed E-state index contributed by atoms with van der Waals surface area (Å²) in [4.78, 5) is 28.0. The van der Waals surface area contributed by atoms with E-state index in [0.717, 1.165) is 38.5 Å². The first-order valence-electron chi connectivity index (χ1n) is 19.1. The molecular weight excluding hydrogens is 564 g/mol. The van der Waals surface area contributed by atoms with E-state index in [1.54, 1.807) is 22.3 Å². The van der Waals surface area contributed by atoms with Crippen LogP contribution in [0.5, 0.6) is 0 Å². The normalized spacial score (nSPS) is 40.3. The average Bonchev–Trinajstić information content (AvgIpc) is 3.02. The van der Waals surface area contributed by atoms with Crippen molar-refractivity contribution < 1.29 is 9.59 Å². The standard InChI is InChI=1S/C42H64N2O2/c1-27(2)29-11-15-33-31(25-29)13-17-35-39(33,5)19-9-21-41(35,7)37(45)43-23-24-44-38(46)42(8)22-10-20-40(6)34-16-12-30(28(3)4)26-32(34)14-18-36(40)42/h13-14,25-28,33-36H,9-12,15-24H2,1-8H3,(H,43,45)(H,44,46)/t33-,34+,35-,36+,39-,40-,41+,42+/m0/s1. The van der Waals surface area contributed by atoms with E-state index in [2.05, 4.69) is 90.3 Å². The topological polar surface area (TPSA) is 58.2 Å². The molecule has 4 nitrogen and oxygen atoms in total. The lowest BCUT2D eigenvalue weighted by atomic mass is 9.46. The summed E-state index contributed by atoms with van der Waals surface area (Å²) < 4.78 is 0. The fourth-order valence-corrected chi connectivity index (χ4v) is 12.0. The second-order valence-electron chi connectivity index (χ2n) is 18.0. The van der Waals surface area contributed by atoms with E-state index in [-0.39, 0.29) is 33.5 Å². The summed E-state index contributed by atoms with van der Waals surface area (Å²) in [5, 5.41) is 6.64. The molecule has 2 saturated carbocycles. The van der Waals surface area contributed by atoms with Crippen molar-refractivity contribution in [2.24, 2.45) is 57.2 Å². The molecule has 2 amide bonds. The molecule has 0 radical (unpaired) electrons. The SMILES string of the molecule is CC(C)C1=CC2=CC[C@@H]3[C@@](C)(CCC[C@@]3(C)C(=O)NCCNC(=O)[C@]3(C)CCC[C@@]4(C)[C@H]5CCC(C(C)C)=CC5=CC[C@@H]43)[C@@H]2CC1. The molecule has 0 heterocycles. The van der Waals surface area contributed by atoms with Crippen LogP contribution in [0.2, 0.25) is 0 Å². The fourth-order valence-electron chi connectivity index (χ4n) is 12.0. The van der Waals surface area contributed by atoms with Gasteiger partial charge in [0.15, 0.2) is 0 Å². The first-order chi connectivity index (χ1) is 21.7. The molecular formula is C42H64N2O2. The van der Waals surface area contributed by atoms with E-state index in [0.29, 0.717) is 48.6 Å². The van der Waals surface area contributed by atoms with Crippen LogP contribution in [0.1, 0.15) is 132 Å². The van der Waals surface area contributed by atoms with E-state index in [9.17, 15) is 9.59 Å². The van der Waals surface area contributed by atoms with Gasteiger partial charge in [-0.25, -0.2) is 0 Å². The highest BCUT2D eigenvalue weighted by molar-refractivity contribution is 5.84. The Bertz CT molecular complexity index is 1250. The number of nitrogens with one attached hydrogen (secondary N) is 2. The van der Waals surface area contributed by atoms with Crippen molar-refractivity contribution in [2.45, 2.75) is 132 Å². The molecule has 46 heavy (non-hydrogen) atoms. The molecule has 0 spiro atoms. The highest BCUT2D eigenvalue weighted by Gasteiger charge is 2.58. The Balaban J connectivity index is 1.08. The Hall–Kier alpha value is -2.10. The van der Waals surface area contributed by atoms with Crippen LogP contribution in [0.3, 0.4) is 0 Å². The second-order valence-corrected chi connectivity index (χ2v) is 18.0. The minimum Gasteiger partial charge on any atom is -0.354 e. The highest BCUT2D eigenvalue weighted by atomic mass is 16.2. The summed E-state index contributed by atoms with van der Waals surface area (Å²) in [6.07, 6.45) is 23.3. The summed E-state index contributed by atoms with van der Waals surface area (Å²) in [5.74, 6) is 3.46. The highest BCUT2D eigenvalue weighted by Crippen LogP contribution is 2.63. The molecule has 0 aliphatic heterocycles. The van der Waals surface area contributed by atoms with Crippen molar-refractivity contribution in [2.75, 3.05) is 13.1 Å². The molecule has 6 rings (SSSR count). The quantitative estimate of drug-likeness (QED) is 0.276. The molecule has 6 aliphatic carbocycles. The van der Waals surface area contributed by atoms with E-state index in [4.69, 9.17) is 0 Å². The number of hydrogen-bond acceptors (Lipinski definition) is 2. The number of amides is 2. The number of carbonyl (C=O) groups excluding carboxylic acids is 2. The van der Waals surface area contributed by atoms with Crippen molar-refractivity contribution in [1.82, 2.24) is 10.6 Å². The monoisotopic (exact) mass is 628 g/mol. The molecule has 6 aliphatic rings. The van der Waals surface area contributed by atoms with Crippen LogP contribution < -0.4 is 10.6 Å². The van der Waals surface area contributed by atoms with Crippen LogP contribution in [-0.4, -0.2) is 24.9 Å². The summed E-state index contributed by atoms with van der Waals surface area (Å²) in [6.45, 7) is 19.7. The molecule has 4 heteroatoms. The minimum atomic E-state index is -0.367. The molecule has 0 aromatic carbocycles. The number of carbonyl (C=O) groups is 2. The number of hydrogen-bond donors (Lipinski definition) is 2. The van der Waals surface area contributed by atoms with Gasteiger partial charge >= 0.3 is 0 Å². The number of rotatable bonds is 7. The third-order valence-corrected chi connectivity index (χ3v) is 14.9. The van der Waals surface area contributed by atoms with Gasteiger partial charge in [-0.3, -0.25) is 9.59 Å². The van der Waals surface area contributed by atoms with Crippen LogP contribution in [0.25, 0.3) is 0 Å². The molecule has 2 fully saturated rings. The predicted octanol–water partition coefficient (Wildman–Crippen LogP) is 9.49. The Morgan fingerprint density at radius 1 is 0.674 bits per heavy atom. The summed E-state index contributed by atoms with van der Waals surface area (Å²) >= 11 is 0. The maximum absolute atomic E-state index is 14.0. The lowest BCUT2D eigenvalue weighted by molar-refractivity contribution is -0.145. The molecule has 0 bridgehead atoms. The first-order valence-corrected chi connectivity index (χ1v) is 19.1. The third-order valence-electron chi connectivity index (χ3n) is 14.9. The number of allylic oxidation sites excluding steroid dienone is 8. The molecule has 0 saturated heterocycles. The van der Waals surface area contributed by atoms with Crippen molar-refractivity contribution in [1.29, 1.82) is 0 Å². The van der Waals surface area contributed by atoms with Crippen LogP contribution >= 0.6 is 0 Å². The molecule has 254 valence electrons. The largest absolute Gasteiger partial charge is 0.354 e. The van der Waals surface area contributed by atoms with Crippen molar-refractivity contribution in [3.8, 4) is 0 Å². The smallest absolute Gasteiger partial charge is 0.226 e. The van der Waals surface area contributed by atoms with Gasteiger partial charge in [-0.2, -0.15) is 0 Å². The Morgan fingerprint density at radius 2 is 1.07 bits per heavy atom. The van der Waals surface area contributed by atoms with Crippen LogP contribution in [0.15, 0.2) is 46.6 Å². The van der Waals surface area contributed by atoms with Crippen molar-refractivity contribution in [3.05, 3.63) is 46.6 Å². The Morgan fingerprint density at radius 3 is 1.43 bits per heavy atom. The van der Waals surface area contributed by atoms with Gasteiger partial charge in [0, 0.05) is 13.1 Å². The van der Waals surface area contributed by atoms with Gasteiger partial charge in [0.1, 0.15) is 0 Å². The van der Waals surface area contributed by atoms with Crippen LogP contribution in [0, 0.1) is 57.2 Å². The first kappa shape index (κ1) is 33.8. The van der Waals surface area contributed by atoms with Crippen molar-refractivity contribution >= 4 is 11.8 Å². The zero-order valence-corrected chi connectivity index (χ0v) is 30.5. The van der Waals surface area contributed by atoms with Gasteiger partial charge in [-0.1, -0.05) is 104 Å². The summed E-state index contributed by atoms with van der Waals surface area (Å²) in [6, 6.07) is 0. The van der Waals surface area contributed by atoms with Crippen LogP contribution in [0.4, 0.5) is 0 Å². The van der Waals surface area contributed by atoms with E-state index in [1.165, 1.54) is 38.5 Å². The maximum Gasteiger partial charge on any atom is 0.226 e. The Labute approximate surface area is 280 Å². The van der Waals surface area contributed by atoms with Gasteiger partial charge < -0.3 is 10.6 Å².